The van der Waals surface area contributed by atoms with E-state index in [9.17, 15) is 4.79 Å². The highest BCUT2D eigenvalue weighted by Gasteiger charge is 2.23. The van der Waals surface area contributed by atoms with Crippen LogP contribution in [0.5, 0.6) is 23.0 Å². The third-order valence-electron chi connectivity index (χ3n) is 6.32. The summed E-state index contributed by atoms with van der Waals surface area (Å²) in [4.78, 5) is 17.9. The number of hydrogen-bond donors (Lipinski definition) is 1. The van der Waals surface area contributed by atoms with Crippen molar-refractivity contribution >= 4 is 16.7 Å². The molecule has 0 aliphatic rings. The Morgan fingerprint density at radius 3 is 2.26 bits per heavy atom. The second-order valence-electron chi connectivity index (χ2n) is 8.62. The van der Waals surface area contributed by atoms with Gasteiger partial charge in [0, 0.05) is 17.5 Å². The van der Waals surface area contributed by atoms with Crippen LogP contribution in [0, 0.1) is 0 Å². The Kier molecular flexibility index (Phi) is 7.31. The van der Waals surface area contributed by atoms with Gasteiger partial charge in [0.05, 0.1) is 34.1 Å². The van der Waals surface area contributed by atoms with Crippen molar-refractivity contribution in [3.8, 4) is 40.1 Å². The molecule has 1 amide bonds. The van der Waals surface area contributed by atoms with Crippen molar-refractivity contribution in [1.29, 1.82) is 0 Å². The Morgan fingerprint density at radius 2 is 1.54 bits per heavy atom. The monoisotopic (exact) mass is 524 g/mol. The molecule has 0 unspecified atom stereocenters. The summed E-state index contributed by atoms with van der Waals surface area (Å²) in [6.07, 6.45) is 0. The zero-order chi connectivity index (χ0) is 27.4. The van der Waals surface area contributed by atoms with Gasteiger partial charge < -0.3 is 24.3 Å². The zero-order valence-electron chi connectivity index (χ0n) is 22.1. The molecule has 0 aliphatic heterocycles. The van der Waals surface area contributed by atoms with E-state index in [1.165, 1.54) is 0 Å². The molecule has 9 heteroatoms. The molecule has 1 heterocycles. The number of ether oxygens (including phenoxy) is 4. The van der Waals surface area contributed by atoms with E-state index in [-0.39, 0.29) is 5.82 Å². The van der Waals surface area contributed by atoms with E-state index in [2.05, 4.69) is 15.4 Å². The quantitative estimate of drug-likeness (QED) is 0.288. The lowest BCUT2D eigenvalue weighted by atomic mass is 10.1. The fourth-order valence-electron chi connectivity index (χ4n) is 4.41. The van der Waals surface area contributed by atoms with Crippen LogP contribution in [-0.2, 0) is 6.54 Å². The van der Waals surface area contributed by atoms with Crippen LogP contribution in [0.15, 0.2) is 78.9 Å². The maximum absolute atomic E-state index is 13.3. The van der Waals surface area contributed by atoms with Gasteiger partial charge in [-0.25, -0.2) is 9.67 Å². The molecule has 39 heavy (non-hydrogen) atoms. The minimum atomic E-state index is -0.412. The topological polar surface area (TPSA) is 96.7 Å². The van der Waals surface area contributed by atoms with Crippen LogP contribution in [0.25, 0.3) is 27.8 Å². The number of rotatable bonds is 9. The first kappa shape index (κ1) is 25.6. The van der Waals surface area contributed by atoms with Gasteiger partial charge in [-0.2, -0.15) is 0 Å². The number of nitrogens with one attached hydrogen (secondary N) is 1. The van der Waals surface area contributed by atoms with Gasteiger partial charge in [0.2, 0.25) is 11.6 Å². The summed E-state index contributed by atoms with van der Waals surface area (Å²) in [7, 11) is 6.25. The van der Waals surface area contributed by atoms with E-state index in [4.69, 9.17) is 18.9 Å². The van der Waals surface area contributed by atoms with Crippen LogP contribution in [0.2, 0.25) is 0 Å². The summed E-state index contributed by atoms with van der Waals surface area (Å²) in [6.45, 7) is 0.290. The van der Waals surface area contributed by atoms with E-state index < -0.39 is 5.91 Å². The van der Waals surface area contributed by atoms with Gasteiger partial charge in [0.1, 0.15) is 5.75 Å². The first-order valence-electron chi connectivity index (χ1n) is 12.2. The Morgan fingerprint density at radius 1 is 0.821 bits per heavy atom. The van der Waals surface area contributed by atoms with Crippen LogP contribution in [-0.4, -0.2) is 49.1 Å². The number of hydrogen-bond acceptors (Lipinski definition) is 7. The van der Waals surface area contributed by atoms with E-state index in [1.807, 2.05) is 66.7 Å². The predicted octanol–water partition coefficient (Wildman–Crippen LogP) is 5.05. The molecule has 0 saturated carbocycles. The van der Waals surface area contributed by atoms with E-state index in [0.717, 1.165) is 22.0 Å². The second-order valence-corrected chi connectivity index (χ2v) is 8.62. The van der Waals surface area contributed by atoms with Gasteiger partial charge in [-0.3, -0.25) is 4.79 Å². The Hall–Kier alpha value is -5.05. The van der Waals surface area contributed by atoms with Crippen molar-refractivity contribution in [3.63, 3.8) is 0 Å². The van der Waals surface area contributed by atoms with Gasteiger partial charge in [0.25, 0.3) is 5.91 Å². The first-order chi connectivity index (χ1) is 19.1. The summed E-state index contributed by atoms with van der Waals surface area (Å²) in [5, 5.41) is 9.56. The van der Waals surface area contributed by atoms with E-state index >= 15 is 0 Å². The molecule has 0 atom stereocenters. The lowest BCUT2D eigenvalue weighted by Gasteiger charge is -2.15. The molecule has 0 aliphatic carbocycles. The largest absolute Gasteiger partial charge is 0.497 e. The summed E-state index contributed by atoms with van der Waals surface area (Å²) in [5.41, 5.74) is 2.30. The molecule has 1 aromatic heterocycles. The standard InChI is InChI=1S/C30H28N4O5/c1-36-22-12-7-9-19(15-22)18-31-30(35)28-32-29(21-16-25(37-2)27(39-4)26(17-21)38-3)34(33-28)24-14-8-11-20-10-5-6-13-23(20)24/h5-17H,18H2,1-4H3,(H,31,35). The van der Waals surface area contributed by atoms with Gasteiger partial charge in [-0.15, -0.1) is 5.10 Å². The molecule has 0 fully saturated rings. The Labute approximate surface area is 225 Å². The lowest BCUT2D eigenvalue weighted by Crippen LogP contribution is -2.24. The molecule has 0 bridgehead atoms. The average Bonchev–Trinajstić information content (AvgIpc) is 3.44. The molecular formula is C30H28N4O5. The number of methoxy groups -OCH3 is 4. The van der Waals surface area contributed by atoms with Crippen molar-refractivity contribution in [2.24, 2.45) is 0 Å². The number of aromatic nitrogens is 3. The third-order valence-corrected chi connectivity index (χ3v) is 6.32. The highest BCUT2D eigenvalue weighted by Crippen LogP contribution is 2.41. The van der Waals surface area contributed by atoms with E-state index in [0.29, 0.717) is 40.9 Å². The minimum absolute atomic E-state index is 0.0228. The summed E-state index contributed by atoms with van der Waals surface area (Å²) in [6, 6.07) is 24.9. The molecule has 5 aromatic rings. The number of amides is 1. The fourth-order valence-corrected chi connectivity index (χ4v) is 4.41. The Balaban J connectivity index is 1.61. The second kappa shape index (κ2) is 11.1. The van der Waals surface area contributed by atoms with Crippen molar-refractivity contribution < 1.29 is 23.7 Å². The van der Waals surface area contributed by atoms with Crippen LogP contribution in [0.3, 0.4) is 0 Å². The van der Waals surface area contributed by atoms with Gasteiger partial charge in [0.15, 0.2) is 17.3 Å². The molecule has 0 spiro atoms. The van der Waals surface area contributed by atoms with E-state index in [1.54, 1.807) is 45.3 Å². The predicted molar refractivity (Wildman–Crippen MR) is 148 cm³/mol. The summed E-state index contributed by atoms with van der Waals surface area (Å²) >= 11 is 0. The highest BCUT2D eigenvalue weighted by atomic mass is 16.5. The van der Waals surface area contributed by atoms with Crippen LogP contribution in [0.4, 0.5) is 0 Å². The average molecular weight is 525 g/mol. The molecule has 4 aromatic carbocycles. The summed E-state index contributed by atoms with van der Waals surface area (Å²) < 4.78 is 23.6. The molecule has 198 valence electrons. The normalized spacial score (nSPS) is 10.8. The maximum atomic E-state index is 13.3. The number of carbonyl (C=O) groups is 1. The van der Waals surface area contributed by atoms with Crippen molar-refractivity contribution in [2.75, 3.05) is 28.4 Å². The van der Waals surface area contributed by atoms with Gasteiger partial charge >= 0.3 is 0 Å². The van der Waals surface area contributed by atoms with Crippen LogP contribution >= 0.6 is 0 Å². The van der Waals surface area contributed by atoms with Crippen molar-refractivity contribution in [2.45, 2.75) is 6.54 Å². The van der Waals surface area contributed by atoms with Crippen LogP contribution in [0.1, 0.15) is 16.2 Å². The number of carbonyl (C=O) groups excluding carboxylic acids is 1. The van der Waals surface area contributed by atoms with Crippen molar-refractivity contribution in [1.82, 2.24) is 20.1 Å². The lowest BCUT2D eigenvalue weighted by molar-refractivity contribution is 0.0940. The number of fused-ring (bicyclic) bond motifs is 1. The minimum Gasteiger partial charge on any atom is -0.497 e. The summed E-state index contributed by atoms with van der Waals surface area (Å²) in [5.74, 6) is 2.14. The van der Waals surface area contributed by atoms with Gasteiger partial charge in [-0.1, -0.05) is 48.5 Å². The molecule has 1 N–H and O–H groups in total. The molecule has 0 saturated heterocycles. The molecular weight excluding hydrogens is 496 g/mol. The van der Waals surface area contributed by atoms with Crippen molar-refractivity contribution in [3.05, 3.63) is 90.3 Å². The van der Waals surface area contributed by atoms with Gasteiger partial charge in [-0.05, 0) is 41.3 Å². The zero-order valence-corrected chi connectivity index (χ0v) is 22.1. The number of nitrogens with zero attached hydrogens (tertiary/aromatic N) is 3. The SMILES string of the molecule is COc1cccc(CNC(=O)c2nc(-c3cc(OC)c(OC)c(OC)c3)n(-c3cccc4ccccc34)n2)c1. The third kappa shape index (κ3) is 5.06. The maximum Gasteiger partial charge on any atom is 0.291 e. The Bertz CT molecular complexity index is 1620. The molecule has 9 nitrogen and oxygen atoms in total. The smallest absolute Gasteiger partial charge is 0.291 e. The fraction of sp³-hybridized carbons (Fsp3) is 0.167. The van der Waals surface area contributed by atoms with Crippen LogP contribution < -0.4 is 24.3 Å². The molecule has 0 radical (unpaired) electrons. The molecule has 5 rings (SSSR count). The first-order valence-corrected chi connectivity index (χ1v) is 12.2. The number of benzene rings is 4. The highest BCUT2D eigenvalue weighted by molar-refractivity contribution is 5.93.